The van der Waals surface area contributed by atoms with Crippen molar-refractivity contribution in [2.24, 2.45) is 0 Å². The molecule has 1 saturated heterocycles. The van der Waals surface area contributed by atoms with E-state index in [2.05, 4.69) is 58.2 Å². The van der Waals surface area contributed by atoms with E-state index in [0.717, 1.165) is 49.7 Å². The summed E-state index contributed by atoms with van der Waals surface area (Å²) in [6, 6.07) is 11.5. The number of aromatic hydroxyl groups is 1. The second kappa shape index (κ2) is 11.2. The summed E-state index contributed by atoms with van der Waals surface area (Å²) in [5.41, 5.74) is 3.29. The molecule has 37 heavy (non-hydrogen) atoms. The number of carbonyl (C=O) groups excluding carboxylic acids is 1. The number of ether oxygens (including phenoxy) is 1. The minimum atomic E-state index is -0.328. The van der Waals surface area contributed by atoms with Crippen molar-refractivity contribution in [1.82, 2.24) is 25.0 Å². The van der Waals surface area contributed by atoms with Gasteiger partial charge in [0.1, 0.15) is 11.5 Å². The maximum absolute atomic E-state index is 13.1. The highest BCUT2D eigenvalue weighted by molar-refractivity contribution is 5.92. The molecule has 198 valence electrons. The normalized spacial score (nSPS) is 14.4. The molecule has 1 amide bonds. The second-order valence-corrected chi connectivity index (χ2v) is 10.0. The van der Waals surface area contributed by atoms with Gasteiger partial charge >= 0.3 is 0 Å². The highest BCUT2D eigenvalue weighted by Gasteiger charge is 2.25. The van der Waals surface area contributed by atoms with Gasteiger partial charge in [0.2, 0.25) is 5.82 Å². The lowest BCUT2D eigenvalue weighted by Crippen LogP contribution is -2.46. The van der Waals surface area contributed by atoms with Crippen molar-refractivity contribution in [3.63, 3.8) is 0 Å². The number of aromatic nitrogens is 3. The van der Waals surface area contributed by atoms with Crippen molar-refractivity contribution in [2.75, 3.05) is 44.7 Å². The van der Waals surface area contributed by atoms with Crippen LogP contribution in [0, 0.1) is 0 Å². The molecule has 0 spiro atoms. The fourth-order valence-electron chi connectivity index (χ4n) is 4.70. The molecular formula is C28H38N6O3. The molecular weight excluding hydrogens is 468 g/mol. The quantitative estimate of drug-likeness (QED) is 0.476. The third kappa shape index (κ3) is 5.56. The van der Waals surface area contributed by atoms with Gasteiger partial charge in [-0.15, -0.1) is 10.2 Å². The number of nitrogens with zero attached hydrogens (tertiary/aromatic N) is 5. The number of carbonyl (C=O) groups is 1. The van der Waals surface area contributed by atoms with Crippen LogP contribution in [0.2, 0.25) is 0 Å². The summed E-state index contributed by atoms with van der Waals surface area (Å²) in [6.45, 7) is 15.2. The predicted molar refractivity (Wildman–Crippen MR) is 146 cm³/mol. The number of benzene rings is 2. The Balaban J connectivity index is 1.78. The zero-order chi connectivity index (χ0) is 26.7. The fraction of sp³-hybridized carbons (Fsp3) is 0.464. The molecule has 4 rings (SSSR count). The van der Waals surface area contributed by atoms with Gasteiger partial charge in [0.15, 0.2) is 5.82 Å². The number of anilines is 1. The summed E-state index contributed by atoms with van der Waals surface area (Å²) in [6.07, 6.45) is 0. The number of nitrogens with one attached hydrogen (secondary N) is 1. The highest BCUT2D eigenvalue weighted by atomic mass is 16.5. The first-order valence-electron chi connectivity index (χ1n) is 13.0. The van der Waals surface area contributed by atoms with Crippen molar-refractivity contribution >= 4 is 11.6 Å². The Kier molecular flexibility index (Phi) is 8.02. The monoisotopic (exact) mass is 506 g/mol. The van der Waals surface area contributed by atoms with Crippen molar-refractivity contribution in [2.45, 2.75) is 46.6 Å². The van der Waals surface area contributed by atoms with Gasteiger partial charge in [-0.05, 0) is 62.2 Å². The lowest BCUT2D eigenvalue weighted by atomic mass is 9.98. The summed E-state index contributed by atoms with van der Waals surface area (Å²) >= 11 is 0. The lowest BCUT2D eigenvalue weighted by molar-refractivity contribution is 0.0930. The SMILES string of the molecule is CCN1CCN(c2ccc(-n3c(C(=O)NC(C)C)nnc3-c3cc(C(C)C)c(OC)cc3O)cc2)CC1. The fourth-order valence-corrected chi connectivity index (χ4v) is 4.70. The summed E-state index contributed by atoms with van der Waals surface area (Å²) in [5, 5.41) is 22.5. The maximum Gasteiger partial charge on any atom is 0.289 e. The first-order chi connectivity index (χ1) is 17.7. The summed E-state index contributed by atoms with van der Waals surface area (Å²) < 4.78 is 7.20. The largest absolute Gasteiger partial charge is 0.507 e. The average molecular weight is 507 g/mol. The Labute approximate surface area is 219 Å². The number of likely N-dealkylation sites (N-methyl/N-ethyl adjacent to an activating group) is 1. The lowest BCUT2D eigenvalue weighted by Gasteiger charge is -2.35. The van der Waals surface area contributed by atoms with Crippen LogP contribution in [-0.4, -0.2) is 76.6 Å². The van der Waals surface area contributed by atoms with E-state index < -0.39 is 0 Å². The standard InChI is InChI=1S/C28H38N6O3/c1-7-32-12-14-33(15-13-32)20-8-10-21(11-9-20)34-26(30-31-27(34)28(36)29-19(4)5)23-16-22(18(2)3)25(37-6)17-24(23)35/h8-11,16-19,35H,7,12-15H2,1-6H3,(H,29,36). The summed E-state index contributed by atoms with van der Waals surface area (Å²) in [5.74, 6) is 0.991. The molecule has 0 unspecified atom stereocenters. The van der Waals surface area contributed by atoms with Gasteiger partial charge in [0, 0.05) is 49.7 Å². The third-order valence-electron chi connectivity index (χ3n) is 6.79. The molecule has 2 N–H and O–H groups in total. The third-order valence-corrected chi connectivity index (χ3v) is 6.79. The Bertz CT molecular complexity index is 1230. The number of piperazine rings is 1. The Hall–Kier alpha value is -3.59. The number of rotatable bonds is 8. The van der Waals surface area contributed by atoms with E-state index in [0.29, 0.717) is 17.1 Å². The van der Waals surface area contributed by atoms with E-state index in [9.17, 15) is 9.90 Å². The molecule has 0 atom stereocenters. The maximum atomic E-state index is 13.1. The van der Waals surface area contributed by atoms with E-state index in [1.807, 2.05) is 32.0 Å². The van der Waals surface area contributed by atoms with Crippen LogP contribution in [0.25, 0.3) is 17.1 Å². The van der Waals surface area contributed by atoms with Gasteiger partial charge in [0.25, 0.3) is 5.91 Å². The van der Waals surface area contributed by atoms with Gasteiger partial charge in [-0.3, -0.25) is 9.36 Å². The minimum absolute atomic E-state index is 0.0103. The Morgan fingerprint density at radius 3 is 2.24 bits per heavy atom. The predicted octanol–water partition coefficient (Wildman–Crippen LogP) is 4.05. The topological polar surface area (TPSA) is 95.8 Å². The first-order valence-corrected chi connectivity index (χ1v) is 13.0. The van der Waals surface area contributed by atoms with Crippen molar-refractivity contribution < 1.29 is 14.6 Å². The van der Waals surface area contributed by atoms with Crippen LogP contribution in [0.4, 0.5) is 5.69 Å². The zero-order valence-electron chi connectivity index (χ0n) is 22.7. The molecule has 9 heteroatoms. The Morgan fingerprint density at radius 1 is 1.03 bits per heavy atom. The smallest absolute Gasteiger partial charge is 0.289 e. The number of hydrogen-bond acceptors (Lipinski definition) is 7. The zero-order valence-corrected chi connectivity index (χ0v) is 22.7. The average Bonchev–Trinajstić information content (AvgIpc) is 3.33. The van der Waals surface area contributed by atoms with E-state index in [-0.39, 0.29) is 29.4 Å². The van der Waals surface area contributed by atoms with Crippen LogP contribution in [0.5, 0.6) is 11.5 Å². The number of phenols is 1. The Morgan fingerprint density at radius 2 is 1.68 bits per heavy atom. The van der Waals surface area contributed by atoms with Crippen molar-refractivity contribution in [1.29, 1.82) is 0 Å². The molecule has 3 aromatic rings. The molecule has 1 fully saturated rings. The van der Waals surface area contributed by atoms with E-state index in [4.69, 9.17) is 4.74 Å². The van der Waals surface area contributed by atoms with Gasteiger partial charge in [-0.1, -0.05) is 20.8 Å². The van der Waals surface area contributed by atoms with Crippen molar-refractivity contribution in [3.8, 4) is 28.6 Å². The van der Waals surface area contributed by atoms with Crippen LogP contribution < -0.4 is 15.0 Å². The van der Waals surface area contributed by atoms with Gasteiger partial charge in [-0.2, -0.15) is 0 Å². The minimum Gasteiger partial charge on any atom is -0.507 e. The molecule has 1 aliphatic heterocycles. The van der Waals surface area contributed by atoms with E-state index in [1.54, 1.807) is 17.7 Å². The first kappa shape index (κ1) is 26.5. The molecule has 0 aliphatic carbocycles. The van der Waals surface area contributed by atoms with Crippen LogP contribution in [-0.2, 0) is 0 Å². The number of hydrogen-bond donors (Lipinski definition) is 2. The van der Waals surface area contributed by atoms with Gasteiger partial charge in [-0.25, -0.2) is 0 Å². The van der Waals surface area contributed by atoms with Gasteiger partial charge in [0.05, 0.1) is 12.7 Å². The molecule has 2 heterocycles. The second-order valence-electron chi connectivity index (χ2n) is 10.0. The molecule has 9 nitrogen and oxygen atoms in total. The van der Waals surface area contributed by atoms with Crippen LogP contribution in [0.1, 0.15) is 56.7 Å². The summed E-state index contributed by atoms with van der Waals surface area (Å²) in [7, 11) is 1.58. The van der Waals surface area contributed by atoms with E-state index >= 15 is 0 Å². The molecule has 0 saturated carbocycles. The molecule has 2 aromatic carbocycles. The van der Waals surface area contributed by atoms with Crippen LogP contribution >= 0.6 is 0 Å². The van der Waals surface area contributed by atoms with E-state index in [1.165, 1.54) is 0 Å². The molecule has 0 radical (unpaired) electrons. The van der Waals surface area contributed by atoms with Crippen LogP contribution in [0.15, 0.2) is 36.4 Å². The number of amides is 1. The molecule has 0 bridgehead atoms. The number of methoxy groups -OCH3 is 1. The molecule has 1 aliphatic rings. The molecule has 1 aromatic heterocycles. The number of phenolic OH excluding ortho intramolecular Hbond substituents is 1. The highest BCUT2D eigenvalue weighted by Crippen LogP contribution is 2.38. The summed E-state index contributed by atoms with van der Waals surface area (Å²) in [4.78, 5) is 17.9. The van der Waals surface area contributed by atoms with Crippen LogP contribution in [0.3, 0.4) is 0 Å². The van der Waals surface area contributed by atoms with Crippen molar-refractivity contribution in [3.05, 3.63) is 47.8 Å². The van der Waals surface area contributed by atoms with Gasteiger partial charge < -0.3 is 25.0 Å².